The molecule has 180 valence electrons. The minimum absolute atomic E-state index is 0.0613. The lowest BCUT2D eigenvalue weighted by Crippen LogP contribution is -2.35. The summed E-state index contributed by atoms with van der Waals surface area (Å²) in [6.45, 7) is 4.42. The lowest BCUT2D eigenvalue weighted by Gasteiger charge is -2.23. The number of aromatic nitrogens is 3. The zero-order valence-corrected chi connectivity index (χ0v) is 19.5. The summed E-state index contributed by atoms with van der Waals surface area (Å²) in [6.07, 6.45) is 9.61. The first-order valence-corrected chi connectivity index (χ1v) is 12.3. The van der Waals surface area contributed by atoms with Crippen LogP contribution in [0.1, 0.15) is 63.9 Å². The minimum Gasteiger partial charge on any atom is -0.508 e. The molecule has 0 spiro atoms. The topological polar surface area (TPSA) is 98.2 Å². The maximum atomic E-state index is 13.2. The van der Waals surface area contributed by atoms with Gasteiger partial charge in [0.1, 0.15) is 12.4 Å². The van der Waals surface area contributed by atoms with Gasteiger partial charge in [-0.1, -0.05) is 32.6 Å². The van der Waals surface area contributed by atoms with Crippen LogP contribution >= 0.6 is 0 Å². The average molecular weight is 458 g/mol. The van der Waals surface area contributed by atoms with Gasteiger partial charge in [-0.3, -0.25) is 4.90 Å². The lowest BCUT2D eigenvalue weighted by atomic mass is 10.1. The van der Waals surface area contributed by atoms with E-state index < -0.39 is 6.67 Å². The Morgan fingerprint density at radius 3 is 2.52 bits per heavy atom. The molecule has 1 aliphatic heterocycles. The van der Waals surface area contributed by atoms with Crippen molar-refractivity contribution in [2.45, 2.75) is 77.0 Å². The van der Waals surface area contributed by atoms with Crippen molar-refractivity contribution >= 4 is 23.5 Å². The third-order valence-electron chi connectivity index (χ3n) is 6.70. The van der Waals surface area contributed by atoms with E-state index in [-0.39, 0.29) is 11.3 Å². The van der Waals surface area contributed by atoms with Crippen LogP contribution in [0.2, 0.25) is 0 Å². The number of aromatic hydroxyl groups is 1. The van der Waals surface area contributed by atoms with Gasteiger partial charge in [0, 0.05) is 29.9 Å². The summed E-state index contributed by atoms with van der Waals surface area (Å²) in [5.41, 5.74) is 0.844. The number of likely N-dealkylation sites (tertiary alicyclic amines) is 1. The van der Waals surface area contributed by atoms with E-state index >= 15 is 0 Å². The summed E-state index contributed by atoms with van der Waals surface area (Å²) in [5, 5.41) is 19.9. The van der Waals surface area contributed by atoms with Gasteiger partial charge in [0.25, 0.3) is 0 Å². The number of nitrogens with one attached hydrogen (secondary N) is 3. The molecule has 0 bridgehead atoms. The number of hydrogen-bond donors (Lipinski definition) is 4. The second-order valence-electron chi connectivity index (χ2n) is 9.05. The van der Waals surface area contributed by atoms with Gasteiger partial charge in [-0.05, 0) is 57.0 Å². The zero-order chi connectivity index (χ0) is 23.0. The van der Waals surface area contributed by atoms with Crippen LogP contribution in [0.4, 0.5) is 27.9 Å². The SMILES string of the molecule is CCN1CCCC1CNc1nc(Nc2ccc(O)c(CF)c2)nc(NC2CCCCCC2)n1. The fraction of sp³-hybridized carbons (Fsp3) is 0.625. The molecule has 9 heteroatoms. The van der Waals surface area contributed by atoms with Crippen molar-refractivity contribution in [1.29, 1.82) is 0 Å². The number of phenols is 1. The van der Waals surface area contributed by atoms with Crippen molar-refractivity contribution in [3.8, 4) is 5.75 Å². The largest absolute Gasteiger partial charge is 0.508 e. The molecule has 1 aromatic carbocycles. The predicted molar refractivity (Wildman–Crippen MR) is 130 cm³/mol. The van der Waals surface area contributed by atoms with Crippen molar-refractivity contribution < 1.29 is 9.50 Å². The Balaban J connectivity index is 1.52. The summed E-state index contributed by atoms with van der Waals surface area (Å²) >= 11 is 0. The molecule has 0 radical (unpaired) electrons. The van der Waals surface area contributed by atoms with Gasteiger partial charge in [0.05, 0.1) is 0 Å². The summed E-state index contributed by atoms with van der Waals surface area (Å²) < 4.78 is 13.2. The van der Waals surface area contributed by atoms with Crippen LogP contribution in [-0.2, 0) is 6.67 Å². The van der Waals surface area contributed by atoms with E-state index in [1.807, 2.05) is 0 Å². The Kier molecular flexibility index (Phi) is 8.15. The molecule has 4 rings (SSSR count). The van der Waals surface area contributed by atoms with Gasteiger partial charge in [-0.2, -0.15) is 15.0 Å². The molecule has 33 heavy (non-hydrogen) atoms. The van der Waals surface area contributed by atoms with E-state index in [1.54, 1.807) is 12.1 Å². The van der Waals surface area contributed by atoms with E-state index in [2.05, 4.69) is 42.7 Å². The maximum Gasteiger partial charge on any atom is 0.233 e. The number of phenolic OH excluding ortho intramolecular Hbond substituents is 1. The van der Waals surface area contributed by atoms with Crippen LogP contribution in [0.25, 0.3) is 0 Å². The van der Waals surface area contributed by atoms with Gasteiger partial charge in [-0.25, -0.2) is 4.39 Å². The summed E-state index contributed by atoms with van der Waals surface area (Å²) in [5.74, 6) is 1.40. The molecule has 1 saturated heterocycles. The van der Waals surface area contributed by atoms with Gasteiger partial charge in [0.2, 0.25) is 17.8 Å². The molecule has 1 aliphatic carbocycles. The molecule has 8 nitrogen and oxygen atoms in total. The molecule has 0 amide bonds. The molecule has 2 fully saturated rings. The number of benzene rings is 1. The van der Waals surface area contributed by atoms with Crippen LogP contribution in [0.15, 0.2) is 18.2 Å². The molecule has 2 aliphatic rings. The fourth-order valence-corrected chi connectivity index (χ4v) is 4.83. The highest BCUT2D eigenvalue weighted by molar-refractivity contribution is 5.58. The minimum atomic E-state index is -0.741. The van der Waals surface area contributed by atoms with Gasteiger partial charge < -0.3 is 21.1 Å². The van der Waals surface area contributed by atoms with Crippen LogP contribution < -0.4 is 16.0 Å². The van der Waals surface area contributed by atoms with Gasteiger partial charge in [-0.15, -0.1) is 0 Å². The third kappa shape index (κ3) is 6.43. The number of likely N-dealkylation sites (N-methyl/N-ethyl adjacent to an activating group) is 1. The monoisotopic (exact) mass is 457 g/mol. The number of alkyl halides is 1. The Morgan fingerprint density at radius 1 is 1.00 bits per heavy atom. The molecule has 1 unspecified atom stereocenters. The highest BCUT2D eigenvalue weighted by Crippen LogP contribution is 2.25. The van der Waals surface area contributed by atoms with Crippen molar-refractivity contribution in [2.24, 2.45) is 0 Å². The summed E-state index contributed by atoms with van der Waals surface area (Å²) in [7, 11) is 0. The van der Waals surface area contributed by atoms with E-state index in [1.165, 1.54) is 44.6 Å². The second-order valence-corrected chi connectivity index (χ2v) is 9.05. The Hall–Kier alpha value is -2.68. The Bertz CT molecular complexity index is 904. The molecular formula is C24H36FN7O. The highest BCUT2D eigenvalue weighted by Gasteiger charge is 2.23. The normalized spacial score (nSPS) is 19.9. The Labute approximate surface area is 195 Å². The number of hydrogen-bond acceptors (Lipinski definition) is 8. The van der Waals surface area contributed by atoms with Crippen molar-refractivity contribution in [1.82, 2.24) is 19.9 Å². The molecule has 1 aromatic heterocycles. The van der Waals surface area contributed by atoms with Crippen LogP contribution in [0.5, 0.6) is 5.75 Å². The van der Waals surface area contributed by atoms with Crippen molar-refractivity contribution in [3.05, 3.63) is 23.8 Å². The van der Waals surface area contributed by atoms with Crippen LogP contribution in [0.3, 0.4) is 0 Å². The number of anilines is 4. The maximum absolute atomic E-state index is 13.2. The summed E-state index contributed by atoms with van der Waals surface area (Å²) in [4.78, 5) is 16.3. The van der Waals surface area contributed by atoms with E-state index in [9.17, 15) is 9.50 Å². The highest BCUT2D eigenvalue weighted by atomic mass is 19.1. The number of nitrogens with zero attached hydrogens (tertiary/aromatic N) is 4. The first-order chi connectivity index (χ1) is 16.1. The van der Waals surface area contributed by atoms with Crippen LogP contribution in [0, 0.1) is 0 Å². The average Bonchev–Trinajstić information content (AvgIpc) is 3.13. The quantitative estimate of drug-likeness (QED) is 0.314. The first-order valence-electron chi connectivity index (χ1n) is 12.3. The molecule has 1 saturated carbocycles. The van der Waals surface area contributed by atoms with E-state index in [0.29, 0.717) is 35.6 Å². The lowest BCUT2D eigenvalue weighted by molar-refractivity contribution is 0.277. The van der Waals surface area contributed by atoms with Crippen molar-refractivity contribution in [3.63, 3.8) is 0 Å². The molecule has 2 aromatic rings. The Morgan fingerprint density at radius 2 is 1.76 bits per heavy atom. The summed E-state index contributed by atoms with van der Waals surface area (Å²) in [6, 6.07) is 5.56. The fourth-order valence-electron chi connectivity index (χ4n) is 4.83. The first kappa shape index (κ1) is 23.5. The number of halogens is 1. The van der Waals surface area contributed by atoms with E-state index in [4.69, 9.17) is 0 Å². The molecular weight excluding hydrogens is 421 g/mol. The predicted octanol–water partition coefficient (Wildman–Crippen LogP) is 4.82. The third-order valence-corrected chi connectivity index (χ3v) is 6.70. The smallest absolute Gasteiger partial charge is 0.233 e. The van der Waals surface area contributed by atoms with Gasteiger partial charge in [0.15, 0.2) is 0 Å². The van der Waals surface area contributed by atoms with Crippen molar-refractivity contribution in [2.75, 3.05) is 35.6 Å². The number of rotatable bonds is 9. The standard InChI is InChI=1S/C24H36FN7O/c1-2-32-13-7-10-20(32)16-26-22-29-23(27-18-8-5-3-4-6-9-18)31-24(30-22)28-19-11-12-21(33)17(14-19)15-25/h11-12,14,18,20,33H,2-10,13,15-16H2,1H3,(H3,26,27,28,29,30,31). The molecule has 4 N–H and O–H groups in total. The van der Waals surface area contributed by atoms with E-state index in [0.717, 1.165) is 32.5 Å². The molecule has 1 atom stereocenters. The van der Waals surface area contributed by atoms with Gasteiger partial charge >= 0.3 is 0 Å². The molecule has 2 heterocycles. The van der Waals surface area contributed by atoms with Crippen LogP contribution in [-0.4, -0.2) is 56.7 Å². The zero-order valence-electron chi connectivity index (χ0n) is 19.5. The second kappa shape index (κ2) is 11.4.